The zero-order valence-corrected chi connectivity index (χ0v) is 16.6. The van der Waals surface area contributed by atoms with Gasteiger partial charge in [-0.15, -0.1) is 11.3 Å². The van der Waals surface area contributed by atoms with Crippen molar-refractivity contribution in [1.29, 1.82) is 0 Å². The number of hydrogen-bond donors (Lipinski definition) is 1. The SMILES string of the molecule is COc1ccc(-c2csc3nc(Cc4ccc([N+](=O)[O-])cc4)[nH]c(=O)c23)cc1C. The maximum absolute atomic E-state index is 12.8. The molecule has 0 amide bonds. The van der Waals surface area contributed by atoms with Gasteiger partial charge in [-0.2, -0.15) is 0 Å². The van der Waals surface area contributed by atoms with E-state index in [-0.39, 0.29) is 11.2 Å². The Morgan fingerprint density at radius 3 is 2.62 bits per heavy atom. The monoisotopic (exact) mass is 407 g/mol. The van der Waals surface area contributed by atoms with Crippen molar-refractivity contribution in [2.75, 3.05) is 7.11 Å². The summed E-state index contributed by atoms with van der Waals surface area (Å²) in [6.45, 7) is 1.96. The molecule has 7 nitrogen and oxygen atoms in total. The van der Waals surface area contributed by atoms with Gasteiger partial charge in [-0.25, -0.2) is 4.98 Å². The van der Waals surface area contributed by atoms with Gasteiger partial charge in [-0.1, -0.05) is 18.2 Å². The number of H-pyrrole nitrogens is 1. The number of fused-ring (bicyclic) bond motifs is 1. The smallest absolute Gasteiger partial charge is 0.269 e. The van der Waals surface area contributed by atoms with Crippen molar-refractivity contribution >= 4 is 27.2 Å². The lowest BCUT2D eigenvalue weighted by Crippen LogP contribution is -2.11. The van der Waals surface area contributed by atoms with Crippen LogP contribution in [0, 0.1) is 17.0 Å². The standard InChI is InChI=1S/C21H17N3O4S/c1-12-9-14(5-8-17(12)28-2)16-11-29-21-19(16)20(25)22-18(23-21)10-13-3-6-15(7-4-13)24(26)27/h3-9,11H,10H2,1-2H3,(H,22,23,25). The molecule has 2 heterocycles. The molecule has 2 aromatic carbocycles. The Bertz CT molecular complexity index is 1280. The van der Waals surface area contributed by atoms with Gasteiger partial charge in [0.05, 0.1) is 17.4 Å². The molecular weight excluding hydrogens is 390 g/mol. The van der Waals surface area contributed by atoms with Gasteiger partial charge in [-0.05, 0) is 35.7 Å². The molecule has 0 fully saturated rings. The summed E-state index contributed by atoms with van der Waals surface area (Å²) < 4.78 is 5.31. The summed E-state index contributed by atoms with van der Waals surface area (Å²) in [5.74, 6) is 1.32. The number of nitro groups is 1. The first-order valence-electron chi connectivity index (χ1n) is 8.85. The van der Waals surface area contributed by atoms with Crippen LogP contribution >= 0.6 is 11.3 Å². The van der Waals surface area contributed by atoms with Crippen molar-refractivity contribution in [3.63, 3.8) is 0 Å². The van der Waals surface area contributed by atoms with Gasteiger partial charge < -0.3 is 9.72 Å². The van der Waals surface area contributed by atoms with E-state index >= 15 is 0 Å². The predicted molar refractivity (Wildman–Crippen MR) is 113 cm³/mol. The highest BCUT2D eigenvalue weighted by Gasteiger charge is 2.14. The second-order valence-corrected chi connectivity index (χ2v) is 7.48. The third kappa shape index (κ3) is 3.62. The number of nitrogens with one attached hydrogen (secondary N) is 1. The lowest BCUT2D eigenvalue weighted by molar-refractivity contribution is -0.384. The molecule has 0 saturated heterocycles. The number of rotatable bonds is 5. The minimum atomic E-state index is -0.440. The summed E-state index contributed by atoms with van der Waals surface area (Å²) in [5.41, 5.74) is 3.43. The molecular formula is C21H17N3O4S. The second-order valence-electron chi connectivity index (χ2n) is 6.63. The van der Waals surface area contributed by atoms with Crippen LogP contribution in [0.4, 0.5) is 5.69 Å². The summed E-state index contributed by atoms with van der Waals surface area (Å²) in [6.07, 6.45) is 0.387. The van der Waals surface area contributed by atoms with E-state index in [0.29, 0.717) is 22.5 Å². The van der Waals surface area contributed by atoms with Crippen LogP contribution in [0.25, 0.3) is 21.3 Å². The van der Waals surface area contributed by atoms with Gasteiger partial charge in [0.2, 0.25) is 0 Å². The number of nitrogens with zero attached hydrogens (tertiary/aromatic N) is 2. The summed E-state index contributed by atoms with van der Waals surface area (Å²) >= 11 is 1.42. The first-order chi connectivity index (χ1) is 14.0. The lowest BCUT2D eigenvalue weighted by Gasteiger charge is -2.07. The predicted octanol–water partition coefficient (Wildman–Crippen LogP) is 4.47. The molecule has 0 bridgehead atoms. The van der Waals surface area contributed by atoms with Crippen LogP contribution in [0.3, 0.4) is 0 Å². The van der Waals surface area contributed by atoms with E-state index < -0.39 is 4.92 Å². The Labute approximate surface area is 169 Å². The number of nitro benzene ring substituents is 1. The van der Waals surface area contributed by atoms with Crippen molar-refractivity contribution in [2.24, 2.45) is 0 Å². The highest BCUT2D eigenvalue weighted by molar-refractivity contribution is 7.17. The van der Waals surface area contributed by atoms with Crippen LogP contribution in [0.15, 0.2) is 52.6 Å². The first-order valence-corrected chi connectivity index (χ1v) is 9.73. The number of aryl methyl sites for hydroxylation is 1. The van der Waals surface area contributed by atoms with Crippen LogP contribution in [-0.2, 0) is 6.42 Å². The Morgan fingerprint density at radius 2 is 1.97 bits per heavy atom. The van der Waals surface area contributed by atoms with E-state index in [2.05, 4.69) is 9.97 Å². The van der Waals surface area contributed by atoms with E-state index in [1.54, 1.807) is 19.2 Å². The third-order valence-electron chi connectivity index (χ3n) is 4.72. The van der Waals surface area contributed by atoms with Gasteiger partial charge in [-0.3, -0.25) is 14.9 Å². The molecule has 0 atom stereocenters. The summed E-state index contributed by atoms with van der Waals surface area (Å²) in [4.78, 5) is 31.2. The number of benzene rings is 2. The van der Waals surface area contributed by atoms with Crippen LogP contribution < -0.4 is 10.3 Å². The zero-order valence-electron chi connectivity index (χ0n) is 15.8. The van der Waals surface area contributed by atoms with E-state index in [1.165, 1.54) is 23.5 Å². The number of methoxy groups -OCH3 is 1. The number of thiophene rings is 1. The Balaban J connectivity index is 1.69. The fourth-order valence-corrected chi connectivity index (χ4v) is 4.23. The van der Waals surface area contributed by atoms with E-state index in [4.69, 9.17) is 4.74 Å². The van der Waals surface area contributed by atoms with Gasteiger partial charge in [0.25, 0.3) is 11.2 Å². The number of ether oxygens (including phenoxy) is 1. The first kappa shape index (κ1) is 18.8. The van der Waals surface area contributed by atoms with Crippen molar-refractivity contribution in [2.45, 2.75) is 13.3 Å². The van der Waals surface area contributed by atoms with Crippen molar-refractivity contribution in [3.8, 4) is 16.9 Å². The fourth-order valence-electron chi connectivity index (χ4n) is 3.26. The molecule has 146 valence electrons. The molecule has 2 aromatic heterocycles. The quantitative estimate of drug-likeness (QED) is 0.389. The number of aromatic nitrogens is 2. The molecule has 0 saturated carbocycles. The molecule has 4 rings (SSSR count). The normalized spacial score (nSPS) is 11.0. The third-order valence-corrected chi connectivity index (χ3v) is 5.59. The van der Waals surface area contributed by atoms with Crippen molar-refractivity contribution in [3.05, 3.63) is 85.3 Å². The molecule has 1 N–H and O–H groups in total. The molecule has 8 heteroatoms. The Hall–Kier alpha value is -3.52. The molecule has 0 aliphatic carbocycles. The van der Waals surface area contributed by atoms with Crippen LogP contribution in [-0.4, -0.2) is 22.0 Å². The maximum Gasteiger partial charge on any atom is 0.269 e. The van der Waals surface area contributed by atoms with Gasteiger partial charge in [0.15, 0.2) is 0 Å². The summed E-state index contributed by atoms with van der Waals surface area (Å²) in [6, 6.07) is 12.0. The van der Waals surface area contributed by atoms with Crippen molar-refractivity contribution < 1.29 is 9.66 Å². The number of aromatic amines is 1. The highest BCUT2D eigenvalue weighted by Crippen LogP contribution is 2.33. The Morgan fingerprint density at radius 1 is 1.21 bits per heavy atom. The van der Waals surface area contributed by atoms with Gasteiger partial charge in [0, 0.05) is 29.5 Å². The van der Waals surface area contributed by atoms with Crippen LogP contribution in [0.2, 0.25) is 0 Å². The van der Waals surface area contributed by atoms with Crippen molar-refractivity contribution in [1.82, 2.24) is 9.97 Å². The minimum absolute atomic E-state index is 0.0309. The molecule has 0 unspecified atom stereocenters. The van der Waals surface area contributed by atoms with Gasteiger partial charge in [0.1, 0.15) is 16.4 Å². The van der Waals surface area contributed by atoms with E-state index in [0.717, 1.165) is 28.0 Å². The second kappa shape index (κ2) is 7.48. The fraction of sp³-hybridized carbons (Fsp3) is 0.143. The lowest BCUT2D eigenvalue weighted by atomic mass is 10.0. The molecule has 0 spiro atoms. The average molecular weight is 407 g/mol. The van der Waals surface area contributed by atoms with Crippen LogP contribution in [0.5, 0.6) is 5.75 Å². The molecule has 0 radical (unpaired) electrons. The highest BCUT2D eigenvalue weighted by atomic mass is 32.1. The number of non-ortho nitro benzene ring substituents is 1. The number of hydrogen-bond acceptors (Lipinski definition) is 6. The summed E-state index contributed by atoms with van der Waals surface area (Å²) in [7, 11) is 1.63. The average Bonchev–Trinajstić information content (AvgIpc) is 3.13. The largest absolute Gasteiger partial charge is 0.496 e. The Kier molecular flexibility index (Phi) is 4.85. The topological polar surface area (TPSA) is 98.1 Å². The van der Waals surface area contributed by atoms with E-state index in [1.807, 2.05) is 30.5 Å². The van der Waals surface area contributed by atoms with E-state index in [9.17, 15) is 14.9 Å². The molecule has 0 aliphatic heterocycles. The minimum Gasteiger partial charge on any atom is -0.496 e. The van der Waals surface area contributed by atoms with Gasteiger partial charge >= 0.3 is 0 Å². The molecule has 0 aliphatic rings. The summed E-state index contributed by atoms with van der Waals surface area (Å²) in [5, 5.41) is 13.3. The molecule has 29 heavy (non-hydrogen) atoms. The molecule has 4 aromatic rings. The van der Waals surface area contributed by atoms with Crippen LogP contribution in [0.1, 0.15) is 17.0 Å². The zero-order chi connectivity index (χ0) is 20.5. The maximum atomic E-state index is 12.8.